The minimum absolute atomic E-state index is 0.0229. The number of piperazine rings is 1. The van der Waals surface area contributed by atoms with Gasteiger partial charge in [-0.25, -0.2) is 4.98 Å². The molecular weight excluding hydrogens is 450 g/mol. The van der Waals surface area contributed by atoms with Gasteiger partial charge in [-0.2, -0.15) is 0 Å². The lowest BCUT2D eigenvalue weighted by Crippen LogP contribution is -2.46. The van der Waals surface area contributed by atoms with E-state index in [0.717, 1.165) is 52.0 Å². The molecule has 2 amide bonds. The first-order valence-electron chi connectivity index (χ1n) is 12.5. The number of amides is 2. The van der Waals surface area contributed by atoms with Gasteiger partial charge in [-0.05, 0) is 50.1 Å². The fourth-order valence-corrected chi connectivity index (χ4v) is 7.02. The number of allylic oxidation sites excluding steroid dienone is 2. The Balaban J connectivity index is 1.17. The Bertz CT molecular complexity index is 979. The summed E-state index contributed by atoms with van der Waals surface area (Å²) in [5.41, 5.74) is 0.551. The van der Waals surface area contributed by atoms with Gasteiger partial charge < -0.3 is 20.4 Å². The van der Waals surface area contributed by atoms with Gasteiger partial charge in [-0.15, -0.1) is 11.3 Å². The molecule has 1 saturated heterocycles. The fourth-order valence-electron chi connectivity index (χ4n) is 6.25. The normalized spacial score (nSPS) is 29.5. The molecule has 184 valence electrons. The Morgan fingerprint density at radius 2 is 1.71 bits per heavy atom. The highest BCUT2D eigenvalue weighted by Gasteiger charge is 2.69. The quantitative estimate of drug-likeness (QED) is 0.313. The standard InChI is InChI=1S/C25H35N5O3S/c1-16(31)19-15-34-20(28-19)14-27-24(33)22-18-5-4-17(25(18)6-7-25)21(22)23(32)26-8-3-9-30-12-10-29(2)11-13-30/h4-5,15,17-18,21-22H,3,6-14H2,1-2H3,(H,26,32)(H,27,33)/t17-,18+,21-,22-/m1/s1. The summed E-state index contributed by atoms with van der Waals surface area (Å²) in [6.07, 6.45) is 7.49. The number of rotatable bonds is 9. The second-order valence-electron chi connectivity index (χ2n) is 10.4. The van der Waals surface area contributed by atoms with Crippen LogP contribution in [0.5, 0.6) is 0 Å². The van der Waals surface area contributed by atoms with Crippen molar-refractivity contribution in [1.82, 2.24) is 25.4 Å². The third-order valence-corrected chi connectivity index (χ3v) is 9.17. The van der Waals surface area contributed by atoms with Crippen molar-refractivity contribution in [2.24, 2.45) is 29.1 Å². The van der Waals surface area contributed by atoms with Crippen molar-refractivity contribution in [3.63, 3.8) is 0 Å². The first-order chi connectivity index (χ1) is 16.4. The lowest BCUT2D eigenvalue weighted by atomic mass is 9.81. The van der Waals surface area contributed by atoms with E-state index in [2.05, 4.69) is 44.6 Å². The van der Waals surface area contributed by atoms with Crippen LogP contribution in [0.3, 0.4) is 0 Å². The van der Waals surface area contributed by atoms with Crippen LogP contribution in [-0.4, -0.2) is 78.7 Å². The van der Waals surface area contributed by atoms with Crippen molar-refractivity contribution in [2.45, 2.75) is 32.7 Å². The molecule has 1 aliphatic heterocycles. The number of hydrogen-bond acceptors (Lipinski definition) is 7. The summed E-state index contributed by atoms with van der Waals surface area (Å²) in [6.45, 7) is 7.78. The number of Topliss-reactive ketones (excluding diaryl/α,β-unsaturated/α-hetero) is 1. The third-order valence-electron chi connectivity index (χ3n) is 8.32. The van der Waals surface area contributed by atoms with E-state index in [-0.39, 0.29) is 46.7 Å². The zero-order chi connectivity index (χ0) is 23.9. The predicted octanol–water partition coefficient (Wildman–Crippen LogP) is 1.54. The van der Waals surface area contributed by atoms with Crippen molar-refractivity contribution in [3.05, 3.63) is 28.2 Å². The number of carbonyl (C=O) groups excluding carboxylic acids is 3. The van der Waals surface area contributed by atoms with E-state index in [1.54, 1.807) is 5.38 Å². The van der Waals surface area contributed by atoms with E-state index in [9.17, 15) is 14.4 Å². The minimum atomic E-state index is -0.331. The molecule has 5 rings (SSSR count). The van der Waals surface area contributed by atoms with E-state index in [1.165, 1.54) is 18.3 Å². The van der Waals surface area contributed by atoms with Crippen LogP contribution in [0.4, 0.5) is 0 Å². The van der Waals surface area contributed by atoms with Gasteiger partial charge >= 0.3 is 0 Å². The lowest BCUT2D eigenvalue weighted by molar-refractivity contribution is -0.135. The molecule has 1 spiro atoms. The van der Waals surface area contributed by atoms with E-state index in [0.29, 0.717) is 23.8 Å². The zero-order valence-corrected chi connectivity index (χ0v) is 20.9. The van der Waals surface area contributed by atoms with Crippen molar-refractivity contribution in [2.75, 3.05) is 46.3 Å². The Labute approximate surface area is 205 Å². The van der Waals surface area contributed by atoms with Crippen LogP contribution in [0.15, 0.2) is 17.5 Å². The number of nitrogens with zero attached hydrogens (tertiary/aromatic N) is 3. The molecule has 2 bridgehead atoms. The molecule has 0 aromatic carbocycles. The zero-order valence-electron chi connectivity index (χ0n) is 20.1. The van der Waals surface area contributed by atoms with Gasteiger partial charge in [-0.1, -0.05) is 12.2 Å². The second kappa shape index (κ2) is 9.51. The van der Waals surface area contributed by atoms with Gasteiger partial charge in [0.05, 0.1) is 18.4 Å². The van der Waals surface area contributed by atoms with Gasteiger partial charge in [0.15, 0.2) is 5.78 Å². The van der Waals surface area contributed by atoms with Gasteiger partial charge in [0.1, 0.15) is 10.7 Å². The van der Waals surface area contributed by atoms with E-state index < -0.39 is 0 Å². The molecule has 1 aromatic heterocycles. The smallest absolute Gasteiger partial charge is 0.224 e. The van der Waals surface area contributed by atoms with Crippen LogP contribution in [-0.2, 0) is 16.1 Å². The molecule has 2 N–H and O–H groups in total. The monoisotopic (exact) mass is 485 g/mol. The van der Waals surface area contributed by atoms with Crippen LogP contribution in [0.2, 0.25) is 0 Å². The largest absolute Gasteiger partial charge is 0.356 e. The lowest BCUT2D eigenvalue weighted by Gasteiger charge is -2.32. The second-order valence-corrected chi connectivity index (χ2v) is 11.4. The predicted molar refractivity (Wildman–Crippen MR) is 130 cm³/mol. The van der Waals surface area contributed by atoms with Crippen molar-refractivity contribution in [3.8, 4) is 0 Å². The summed E-state index contributed by atoms with van der Waals surface area (Å²) in [7, 11) is 2.15. The number of hydrogen-bond donors (Lipinski definition) is 2. The van der Waals surface area contributed by atoms with Gasteiger partial charge in [0.25, 0.3) is 0 Å². The summed E-state index contributed by atoms with van der Waals surface area (Å²) in [5, 5.41) is 8.61. The highest BCUT2D eigenvalue weighted by Crippen LogP contribution is 2.72. The van der Waals surface area contributed by atoms with Crippen LogP contribution in [0.25, 0.3) is 0 Å². The Morgan fingerprint density at radius 1 is 1.06 bits per heavy atom. The maximum atomic E-state index is 13.3. The Kier molecular flexibility index (Phi) is 6.61. The molecule has 34 heavy (non-hydrogen) atoms. The van der Waals surface area contributed by atoms with E-state index >= 15 is 0 Å². The molecule has 0 unspecified atom stereocenters. The molecule has 1 aromatic rings. The summed E-state index contributed by atoms with van der Waals surface area (Å²) in [5.74, 6) is -0.451. The fraction of sp³-hybridized carbons (Fsp3) is 0.680. The minimum Gasteiger partial charge on any atom is -0.356 e. The first kappa shape index (κ1) is 23.6. The van der Waals surface area contributed by atoms with Crippen molar-refractivity contribution >= 4 is 28.9 Å². The molecule has 8 nitrogen and oxygen atoms in total. The van der Waals surface area contributed by atoms with Crippen LogP contribution < -0.4 is 10.6 Å². The molecule has 3 fully saturated rings. The van der Waals surface area contributed by atoms with Gasteiger partial charge in [0.2, 0.25) is 11.8 Å². The number of likely N-dealkylation sites (N-methyl/N-ethyl adjacent to an activating group) is 1. The molecule has 9 heteroatoms. The van der Waals surface area contributed by atoms with Crippen molar-refractivity contribution in [1.29, 1.82) is 0 Å². The maximum Gasteiger partial charge on any atom is 0.224 e. The van der Waals surface area contributed by atoms with E-state index in [4.69, 9.17) is 0 Å². The first-order valence-corrected chi connectivity index (χ1v) is 13.4. The molecule has 2 saturated carbocycles. The number of ketones is 1. The average Bonchev–Trinajstić information content (AvgIpc) is 3.23. The van der Waals surface area contributed by atoms with Gasteiger partial charge in [0, 0.05) is 45.0 Å². The molecule has 3 aliphatic carbocycles. The Morgan fingerprint density at radius 3 is 2.29 bits per heavy atom. The number of nitrogens with one attached hydrogen (secondary N) is 2. The van der Waals surface area contributed by atoms with Crippen LogP contribution in [0.1, 0.15) is 41.7 Å². The highest BCUT2D eigenvalue weighted by molar-refractivity contribution is 7.09. The topological polar surface area (TPSA) is 94.6 Å². The number of carbonyl (C=O) groups is 3. The molecular formula is C25H35N5O3S. The maximum absolute atomic E-state index is 13.3. The number of aromatic nitrogens is 1. The van der Waals surface area contributed by atoms with Gasteiger partial charge in [-0.3, -0.25) is 14.4 Å². The Hall–Kier alpha value is -2.10. The molecule has 0 radical (unpaired) electrons. The van der Waals surface area contributed by atoms with E-state index in [1.807, 2.05) is 0 Å². The SMILES string of the molecule is CC(=O)c1csc(CNC(=O)[C@H]2[C@H](C(=O)NCCCN3CCN(C)CC3)[C@H]3C=C[C@@H]2C32CC2)n1. The third kappa shape index (κ3) is 4.45. The molecule has 4 atom stereocenters. The highest BCUT2D eigenvalue weighted by atomic mass is 32.1. The van der Waals surface area contributed by atoms with Crippen LogP contribution >= 0.6 is 11.3 Å². The summed E-state index contributed by atoms with van der Waals surface area (Å²) in [4.78, 5) is 47.2. The summed E-state index contributed by atoms with van der Waals surface area (Å²) in [6, 6.07) is 0. The number of thiazole rings is 1. The molecule has 2 heterocycles. The molecule has 4 aliphatic rings. The average molecular weight is 486 g/mol. The van der Waals surface area contributed by atoms with Crippen LogP contribution in [0, 0.1) is 29.1 Å². The summed E-state index contributed by atoms with van der Waals surface area (Å²) >= 11 is 1.38. The van der Waals surface area contributed by atoms with Crippen molar-refractivity contribution < 1.29 is 14.4 Å². The summed E-state index contributed by atoms with van der Waals surface area (Å²) < 4.78 is 0.